The van der Waals surface area contributed by atoms with E-state index in [4.69, 9.17) is 4.52 Å². The molecule has 134 valence electrons. The molecule has 0 amide bonds. The third-order valence-corrected chi connectivity index (χ3v) is 4.80. The number of aromatic nitrogens is 2. The van der Waals surface area contributed by atoms with Gasteiger partial charge in [-0.1, -0.05) is 53.7 Å². The van der Waals surface area contributed by atoms with Gasteiger partial charge in [0, 0.05) is 44.2 Å². The molecule has 1 atom stereocenters. The van der Waals surface area contributed by atoms with E-state index in [1.807, 2.05) is 18.2 Å². The molecule has 5 nitrogen and oxygen atoms in total. The van der Waals surface area contributed by atoms with E-state index in [0.717, 1.165) is 38.3 Å². The summed E-state index contributed by atoms with van der Waals surface area (Å²) in [6.07, 6.45) is 2.65. The molecule has 3 aromatic rings. The highest BCUT2D eigenvalue weighted by Crippen LogP contribution is 2.19. The van der Waals surface area contributed by atoms with E-state index in [2.05, 4.69) is 62.8 Å². The first-order valence-electron chi connectivity index (χ1n) is 9.25. The molecule has 1 aromatic heterocycles. The highest BCUT2D eigenvalue weighted by Gasteiger charge is 2.22. The molecule has 1 fully saturated rings. The topological polar surface area (TPSA) is 54.2 Å². The van der Waals surface area contributed by atoms with Crippen LogP contribution < -0.4 is 10.2 Å². The molecule has 0 saturated carbocycles. The second-order valence-corrected chi connectivity index (χ2v) is 6.74. The lowest BCUT2D eigenvalue weighted by molar-refractivity contribution is 0.369. The molecule has 0 spiro atoms. The summed E-state index contributed by atoms with van der Waals surface area (Å²) in [7, 11) is 0. The Morgan fingerprint density at radius 2 is 1.81 bits per heavy atom. The molecule has 1 saturated heterocycles. The molecule has 1 aliphatic rings. The molecule has 2 heterocycles. The van der Waals surface area contributed by atoms with E-state index in [0.29, 0.717) is 18.4 Å². The average Bonchev–Trinajstić information content (AvgIpc) is 3.33. The van der Waals surface area contributed by atoms with E-state index in [9.17, 15) is 0 Å². The maximum atomic E-state index is 5.38. The van der Waals surface area contributed by atoms with E-state index in [1.54, 1.807) is 0 Å². The van der Waals surface area contributed by atoms with Gasteiger partial charge in [-0.15, -0.1) is 0 Å². The van der Waals surface area contributed by atoms with Gasteiger partial charge >= 0.3 is 0 Å². The number of nitrogens with one attached hydrogen (secondary N) is 1. The number of hydrogen-bond donors (Lipinski definition) is 1. The largest absolute Gasteiger partial charge is 0.370 e. The molecule has 26 heavy (non-hydrogen) atoms. The lowest BCUT2D eigenvalue weighted by Gasteiger charge is -2.18. The van der Waals surface area contributed by atoms with Crippen LogP contribution >= 0.6 is 0 Å². The number of anilines is 1. The van der Waals surface area contributed by atoms with E-state index < -0.39 is 0 Å². The highest BCUT2D eigenvalue weighted by atomic mass is 16.5. The van der Waals surface area contributed by atoms with Gasteiger partial charge in [-0.2, -0.15) is 4.98 Å². The predicted octanol–water partition coefficient (Wildman–Crippen LogP) is 3.07. The van der Waals surface area contributed by atoms with Crippen molar-refractivity contribution in [2.24, 2.45) is 0 Å². The molecule has 0 bridgehead atoms. The van der Waals surface area contributed by atoms with Crippen LogP contribution in [0.15, 0.2) is 65.2 Å². The molecule has 2 aromatic carbocycles. The number of para-hydroxylation sites is 1. The minimum absolute atomic E-state index is 0.516. The highest BCUT2D eigenvalue weighted by molar-refractivity contribution is 5.47. The molecule has 4 rings (SSSR count). The summed E-state index contributed by atoms with van der Waals surface area (Å²) in [5, 5.41) is 7.71. The van der Waals surface area contributed by atoms with E-state index in [-0.39, 0.29) is 0 Å². The normalized spacial score (nSPS) is 16.9. The van der Waals surface area contributed by atoms with Gasteiger partial charge in [0.25, 0.3) is 0 Å². The SMILES string of the molecule is c1ccc(Cc2noc(CCNC3CCN(c4ccccc4)C3)n2)cc1. The van der Waals surface area contributed by atoms with Gasteiger partial charge in [0.15, 0.2) is 5.82 Å². The van der Waals surface area contributed by atoms with E-state index >= 15 is 0 Å². The maximum Gasteiger partial charge on any atom is 0.227 e. The van der Waals surface area contributed by atoms with Crippen LogP contribution in [0.2, 0.25) is 0 Å². The number of nitrogens with zero attached hydrogens (tertiary/aromatic N) is 3. The van der Waals surface area contributed by atoms with Gasteiger partial charge in [0.2, 0.25) is 5.89 Å². The zero-order valence-corrected chi connectivity index (χ0v) is 14.8. The quantitative estimate of drug-likeness (QED) is 0.711. The van der Waals surface area contributed by atoms with Crippen LogP contribution in [0.25, 0.3) is 0 Å². The van der Waals surface area contributed by atoms with Crippen LogP contribution in [-0.4, -0.2) is 35.8 Å². The Hall–Kier alpha value is -2.66. The fourth-order valence-corrected chi connectivity index (χ4v) is 3.43. The maximum absolute atomic E-state index is 5.38. The molecule has 1 unspecified atom stereocenters. The fraction of sp³-hybridized carbons (Fsp3) is 0.333. The Morgan fingerprint density at radius 1 is 1.04 bits per heavy atom. The van der Waals surface area contributed by atoms with Crippen molar-refractivity contribution < 1.29 is 4.52 Å². The fourth-order valence-electron chi connectivity index (χ4n) is 3.43. The minimum atomic E-state index is 0.516. The number of hydrogen-bond acceptors (Lipinski definition) is 5. The van der Waals surface area contributed by atoms with Crippen molar-refractivity contribution in [1.82, 2.24) is 15.5 Å². The monoisotopic (exact) mass is 348 g/mol. The molecular weight excluding hydrogens is 324 g/mol. The Balaban J connectivity index is 1.22. The molecule has 5 heteroatoms. The van der Waals surface area contributed by atoms with Gasteiger partial charge < -0.3 is 14.7 Å². The Bertz CT molecular complexity index is 803. The predicted molar refractivity (Wildman–Crippen MR) is 102 cm³/mol. The van der Waals surface area contributed by atoms with E-state index in [1.165, 1.54) is 11.3 Å². The van der Waals surface area contributed by atoms with Crippen molar-refractivity contribution in [3.63, 3.8) is 0 Å². The van der Waals surface area contributed by atoms with Gasteiger partial charge in [-0.3, -0.25) is 0 Å². The molecule has 1 aliphatic heterocycles. The molecule has 0 aliphatic carbocycles. The average molecular weight is 348 g/mol. The Kier molecular flexibility index (Phi) is 5.26. The summed E-state index contributed by atoms with van der Waals surface area (Å²) in [6, 6.07) is 21.3. The lowest BCUT2D eigenvalue weighted by atomic mass is 10.1. The second-order valence-electron chi connectivity index (χ2n) is 6.74. The summed E-state index contributed by atoms with van der Waals surface area (Å²) in [5.74, 6) is 1.46. The summed E-state index contributed by atoms with van der Waals surface area (Å²) in [4.78, 5) is 6.94. The zero-order chi connectivity index (χ0) is 17.6. The van der Waals surface area contributed by atoms with Crippen LogP contribution in [-0.2, 0) is 12.8 Å². The van der Waals surface area contributed by atoms with Gasteiger partial charge in [0.05, 0.1) is 0 Å². The van der Waals surface area contributed by atoms with Crippen molar-refractivity contribution >= 4 is 5.69 Å². The first-order chi connectivity index (χ1) is 12.9. The van der Waals surface area contributed by atoms with Crippen LogP contribution in [0.3, 0.4) is 0 Å². The first kappa shape index (κ1) is 16.8. The molecule has 0 radical (unpaired) electrons. The molecule has 1 N–H and O–H groups in total. The lowest BCUT2D eigenvalue weighted by Crippen LogP contribution is -2.33. The molecular formula is C21H24N4O. The smallest absolute Gasteiger partial charge is 0.227 e. The third-order valence-electron chi connectivity index (χ3n) is 4.80. The van der Waals surface area contributed by atoms with Crippen LogP contribution in [0.1, 0.15) is 23.7 Å². The number of benzene rings is 2. The first-order valence-corrected chi connectivity index (χ1v) is 9.25. The second kappa shape index (κ2) is 8.15. The summed E-state index contributed by atoms with van der Waals surface area (Å²) < 4.78 is 5.38. The standard InChI is InChI=1S/C21H24N4O/c1-3-7-17(8-4-1)15-20-23-21(26-24-20)11-13-22-18-12-14-25(16-18)19-9-5-2-6-10-19/h1-10,18,22H,11-16H2. The summed E-state index contributed by atoms with van der Waals surface area (Å²) in [5.41, 5.74) is 2.50. The summed E-state index contributed by atoms with van der Waals surface area (Å²) >= 11 is 0. The van der Waals surface area contributed by atoms with Gasteiger partial charge in [-0.05, 0) is 24.1 Å². The Morgan fingerprint density at radius 3 is 2.62 bits per heavy atom. The van der Waals surface area contributed by atoms with Crippen LogP contribution in [0.5, 0.6) is 0 Å². The van der Waals surface area contributed by atoms with Crippen molar-refractivity contribution in [3.8, 4) is 0 Å². The minimum Gasteiger partial charge on any atom is -0.370 e. The zero-order valence-electron chi connectivity index (χ0n) is 14.8. The van der Waals surface area contributed by atoms with Crippen molar-refractivity contribution in [2.75, 3.05) is 24.5 Å². The van der Waals surface area contributed by atoms with Crippen molar-refractivity contribution in [3.05, 3.63) is 77.9 Å². The Labute approximate surface area is 154 Å². The van der Waals surface area contributed by atoms with Crippen LogP contribution in [0.4, 0.5) is 5.69 Å². The summed E-state index contributed by atoms with van der Waals surface area (Å²) in [6.45, 7) is 3.01. The van der Waals surface area contributed by atoms with Gasteiger partial charge in [0.1, 0.15) is 0 Å². The van der Waals surface area contributed by atoms with Gasteiger partial charge in [-0.25, -0.2) is 0 Å². The van der Waals surface area contributed by atoms with Crippen LogP contribution in [0, 0.1) is 0 Å². The number of rotatable bonds is 7. The third kappa shape index (κ3) is 4.29. The van der Waals surface area contributed by atoms with Crippen molar-refractivity contribution in [1.29, 1.82) is 0 Å². The van der Waals surface area contributed by atoms with Crippen molar-refractivity contribution in [2.45, 2.75) is 25.3 Å².